The van der Waals surface area contributed by atoms with Gasteiger partial charge in [0.15, 0.2) is 6.61 Å². The summed E-state index contributed by atoms with van der Waals surface area (Å²) >= 11 is 0. The topological polar surface area (TPSA) is 38.3 Å². The number of amides is 1. The maximum absolute atomic E-state index is 10.9. The molecule has 1 aromatic rings. The molecule has 1 aromatic carbocycles. The molecule has 3 heteroatoms. The Balaban J connectivity index is 0.000000711. The summed E-state index contributed by atoms with van der Waals surface area (Å²) in [5, 5.41) is 2.75. The zero-order valence-electron chi connectivity index (χ0n) is 9.46. The number of hydrogen-bond acceptors (Lipinski definition) is 2. The lowest BCUT2D eigenvalue weighted by atomic mass is 10.1. The van der Waals surface area contributed by atoms with E-state index in [1.807, 2.05) is 32.0 Å². The minimum Gasteiger partial charge on any atom is -0.482 e. The maximum atomic E-state index is 10.9. The van der Waals surface area contributed by atoms with E-state index in [0.717, 1.165) is 17.9 Å². The van der Waals surface area contributed by atoms with Crippen LogP contribution in [0.3, 0.4) is 0 Å². The van der Waals surface area contributed by atoms with Gasteiger partial charge in [-0.3, -0.25) is 4.79 Å². The highest BCUT2D eigenvalue weighted by molar-refractivity contribution is 5.95. The number of anilines is 1. The molecule has 1 aliphatic heterocycles. The number of hydrogen-bond donors (Lipinski definition) is 1. The smallest absolute Gasteiger partial charge is 0.262 e. The fourth-order valence-electron chi connectivity index (χ4n) is 1.34. The van der Waals surface area contributed by atoms with E-state index in [0.29, 0.717) is 0 Å². The first-order valence-corrected chi connectivity index (χ1v) is 5.35. The Morgan fingerprint density at radius 2 is 2.20 bits per heavy atom. The lowest BCUT2D eigenvalue weighted by Gasteiger charge is -2.18. The standard InChI is InChI=1S/C10H11NO2.C2H6.H2/c1-2-7-3-4-8-9(5-7)13-6-10(12)11-8;1-2;/h3-5H,2,6H2,1H3,(H,11,12);1-2H3;1H. The van der Waals surface area contributed by atoms with Gasteiger partial charge in [0.25, 0.3) is 5.91 Å². The first kappa shape index (κ1) is 11.6. The lowest BCUT2D eigenvalue weighted by Crippen LogP contribution is -2.25. The quantitative estimate of drug-likeness (QED) is 0.772. The summed E-state index contributed by atoms with van der Waals surface area (Å²) in [6.07, 6.45) is 0.977. The van der Waals surface area contributed by atoms with Crippen LogP contribution in [0, 0.1) is 0 Å². The van der Waals surface area contributed by atoms with E-state index in [-0.39, 0.29) is 13.9 Å². The van der Waals surface area contributed by atoms with Crippen molar-refractivity contribution in [1.82, 2.24) is 0 Å². The Hall–Kier alpha value is -1.51. The van der Waals surface area contributed by atoms with Crippen molar-refractivity contribution in [1.29, 1.82) is 0 Å². The van der Waals surface area contributed by atoms with E-state index in [9.17, 15) is 4.79 Å². The number of carbonyl (C=O) groups is 1. The van der Waals surface area contributed by atoms with E-state index in [4.69, 9.17) is 4.74 Å². The summed E-state index contributed by atoms with van der Waals surface area (Å²) in [5.74, 6) is 0.690. The molecule has 0 unspecified atom stereocenters. The van der Waals surface area contributed by atoms with Crippen molar-refractivity contribution >= 4 is 11.6 Å². The molecule has 0 aromatic heterocycles. The van der Waals surface area contributed by atoms with Crippen molar-refractivity contribution in [3.63, 3.8) is 0 Å². The van der Waals surface area contributed by atoms with Crippen LogP contribution in [-0.2, 0) is 11.2 Å². The van der Waals surface area contributed by atoms with Gasteiger partial charge in [-0.1, -0.05) is 26.8 Å². The van der Waals surface area contributed by atoms with Gasteiger partial charge in [0, 0.05) is 1.43 Å². The molecule has 0 saturated heterocycles. The van der Waals surface area contributed by atoms with Gasteiger partial charge >= 0.3 is 0 Å². The van der Waals surface area contributed by atoms with Crippen molar-refractivity contribution < 1.29 is 11.0 Å². The molecular weight excluding hydrogens is 190 g/mol. The number of benzene rings is 1. The first-order chi connectivity index (χ1) is 7.29. The van der Waals surface area contributed by atoms with E-state index in [1.54, 1.807) is 0 Å². The number of carbonyl (C=O) groups excluding carboxylic acids is 1. The number of nitrogens with one attached hydrogen (secondary N) is 1. The fraction of sp³-hybridized carbons (Fsp3) is 0.417. The summed E-state index contributed by atoms with van der Waals surface area (Å²) in [6, 6.07) is 5.84. The molecule has 0 aliphatic carbocycles. The minimum atomic E-state index is -0.0863. The number of aryl methyl sites for hydroxylation is 1. The van der Waals surface area contributed by atoms with Crippen LogP contribution in [0.5, 0.6) is 5.75 Å². The van der Waals surface area contributed by atoms with Gasteiger partial charge < -0.3 is 10.1 Å². The molecule has 1 aliphatic rings. The molecule has 84 valence electrons. The molecule has 1 heterocycles. The van der Waals surface area contributed by atoms with Crippen LogP contribution in [0.15, 0.2) is 18.2 Å². The van der Waals surface area contributed by atoms with Crippen LogP contribution in [0.1, 0.15) is 27.8 Å². The Kier molecular flexibility index (Phi) is 4.16. The zero-order chi connectivity index (χ0) is 11.3. The van der Waals surface area contributed by atoms with Gasteiger partial charge in [-0.15, -0.1) is 0 Å². The molecule has 1 amide bonds. The third kappa shape index (κ3) is 2.72. The molecule has 0 radical (unpaired) electrons. The van der Waals surface area contributed by atoms with Gasteiger partial charge in [0.05, 0.1) is 5.69 Å². The van der Waals surface area contributed by atoms with Crippen LogP contribution in [0.4, 0.5) is 5.69 Å². The Morgan fingerprint density at radius 1 is 1.47 bits per heavy atom. The van der Waals surface area contributed by atoms with Gasteiger partial charge in [-0.2, -0.15) is 0 Å². The van der Waals surface area contributed by atoms with Gasteiger partial charge in [-0.05, 0) is 24.1 Å². The maximum Gasteiger partial charge on any atom is 0.262 e. The highest BCUT2D eigenvalue weighted by Gasteiger charge is 2.15. The predicted octanol–water partition coefficient (Wildman–Crippen LogP) is 2.85. The fourth-order valence-corrected chi connectivity index (χ4v) is 1.34. The van der Waals surface area contributed by atoms with Gasteiger partial charge in [-0.25, -0.2) is 0 Å². The normalized spacial score (nSPS) is 12.9. The van der Waals surface area contributed by atoms with Crippen molar-refractivity contribution in [2.45, 2.75) is 27.2 Å². The molecule has 1 N–H and O–H groups in total. The molecule has 2 rings (SSSR count). The van der Waals surface area contributed by atoms with Gasteiger partial charge in [0.2, 0.25) is 0 Å². The molecule has 0 fully saturated rings. The lowest BCUT2D eigenvalue weighted by molar-refractivity contribution is -0.118. The number of rotatable bonds is 1. The summed E-state index contributed by atoms with van der Waals surface area (Å²) in [6.45, 7) is 6.21. The van der Waals surface area contributed by atoms with E-state index in [1.165, 1.54) is 5.56 Å². The summed E-state index contributed by atoms with van der Waals surface area (Å²) in [7, 11) is 0. The SMILES string of the molecule is CC.CCc1ccc2c(c1)OCC(=O)N2.[HH]. The van der Waals surface area contributed by atoms with E-state index >= 15 is 0 Å². The van der Waals surface area contributed by atoms with Crippen molar-refractivity contribution in [3.8, 4) is 5.75 Å². The van der Waals surface area contributed by atoms with E-state index < -0.39 is 0 Å². The van der Waals surface area contributed by atoms with Crippen LogP contribution < -0.4 is 10.1 Å². The molecule has 15 heavy (non-hydrogen) atoms. The average Bonchev–Trinajstić information content (AvgIpc) is 2.31. The zero-order valence-corrected chi connectivity index (χ0v) is 9.46. The first-order valence-electron chi connectivity index (χ1n) is 5.35. The van der Waals surface area contributed by atoms with Crippen molar-refractivity contribution in [3.05, 3.63) is 23.8 Å². The Bertz CT molecular complexity index is 353. The Morgan fingerprint density at radius 3 is 2.87 bits per heavy atom. The van der Waals surface area contributed by atoms with Crippen LogP contribution >= 0.6 is 0 Å². The molecule has 3 nitrogen and oxygen atoms in total. The number of fused-ring (bicyclic) bond motifs is 1. The van der Waals surface area contributed by atoms with Crippen LogP contribution in [-0.4, -0.2) is 12.5 Å². The average molecular weight is 209 g/mol. The summed E-state index contributed by atoms with van der Waals surface area (Å²) in [4.78, 5) is 10.9. The predicted molar refractivity (Wildman–Crippen MR) is 63.4 cm³/mol. The molecule has 0 saturated carbocycles. The molecule has 0 atom stereocenters. The Labute approximate surface area is 91.9 Å². The molecule has 0 bridgehead atoms. The van der Waals surface area contributed by atoms with Crippen molar-refractivity contribution in [2.24, 2.45) is 0 Å². The highest BCUT2D eigenvalue weighted by atomic mass is 16.5. The third-order valence-electron chi connectivity index (χ3n) is 2.09. The second-order valence-electron chi connectivity index (χ2n) is 3.02. The molecular formula is C12H19NO2. The highest BCUT2D eigenvalue weighted by Crippen LogP contribution is 2.28. The largest absolute Gasteiger partial charge is 0.482 e. The van der Waals surface area contributed by atoms with Gasteiger partial charge in [0.1, 0.15) is 5.75 Å². The second kappa shape index (κ2) is 5.39. The number of ether oxygens (including phenoxy) is 1. The van der Waals surface area contributed by atoms with Crippen LogP contribution in [0.25, 0.3) is 0 Å². The van der Waals surface area contributed by atoms with E-state index in [2.05, 4.69) is 12.2 Å². The minimum absolute atomic E-state index is 0. The summed E-state index contributed by atoms with van der Waals surface area (Å²) < 4.78 is 5.27. The second-order valence-corrected chi connectivity index (χ2v) is 3.02. The van der Waals surface area contributed by atoms with Crippen LogP contribution in [0.2, 0.25) is 0 Å². The van der Waals surface area contributed by atoms with Crippen molar-refractivity contribution in [2.75, 3.05) is 11.9 Å². The summed E-state index contributed by atoms with van der Waals surface area (Å²) in [5.41, 5.74) is 1.99. The molecule has 0 spiro atoms. The monoisotopic (exact) mass is 209 g/mol. The third-order valence-corrected chi connectivity index (χ3v) is 2.09.